The van der Waals surface area contributed by atoms with Crippen molar-refractivity contribution in [1.29, 1.82) is 0 Å². The molecule has 0 saturated carbocycles. The van der Waals surface area contributed by atoms with Crippen molar-refractivity contribution in [2.45, 2.75) is 284 Å². The van der Waals surface area contributed by atoms with Gasteiger partial charge in [0.05, 0.1) is 40.4 Å². The van der Waals surface area contributed by atoms with Crippen molar-refractivity contribution in [2.75, 3.05) is 67.6 Å². The Morgan fingerprint density at radius 3 is 1.14 bits per heavy atom. The summed E-state index contributed by atoms with van der Waals surface area (Å²) in [6.45, 7) is 10.8. The molecule has 0 radical (unpaired) electrons. The molecule has 0 aliphatic rings. The summed E-state index contributed by atoms with van der Waals surface area (Å²) in [5, 5.41) is 28.3. The molecule has 0 heterocycles. The van der Waals surface area contributed by atoms with Crippen molar-refractivity contribution in [3.63, 3.8) is 0 Å². The predicted molar refractivity (Wildman–Crippen MR) is 321 cm³/mol. The van der Waals surface area contributed by atoms with Gasteiger partial charge in [0.2, 0.25) is 11.8 Å². The summed E-state index contributed by atoms with van der Waals surface area (Å²) in [6.07, 6.45) is 36.8. The van der Waals surface area contributed by atoms with E-state index in [4.69, 9.17) is 18.9 Å². The van der Waals surface area contributed by atoms with Gasteiger partial charge in [-0.05, 0) is 89.9 Å². The van der Waals surface area contributed by atoms with Crippen LogP contribution in [0.25, 0.3) is 0 Å². The normalized spacial score (nSPS) is 13.9. The number of amides is 2. The van der Waals surface area contributed by atoms with Crippen LogP contribution in [0.2, 0.25) is 0 Å². The van der Waals surface area contributed by atoms with E-state index in [-0.39, 0.29) is 68.2 Å². The maximum absolute atomic E-state index is 13.1. The van der Waals surface area contributed by atoms with E-state index in [0.29, 0.717) is 60.6 Å². The molecule has 0 saturated heterocycles. The molecule has 0 aromatic carbocycles. The van der Waals surface area contributed by atoms with Gasteiger partial charge in [0.15, 0.2) is 13.1 Å². The van der Waals surface area contributed by atoms with Gasteiger partial charge in [-0.1, -0.05) is 161 Å². The topological polar surface area (TPSA) is 204 Å². The Hall–Kier alpha value is -3.86. The number of aliphatic hydroxyl groups excluding tert-OH is 2. The highest BCUT2D eigenvalue weighted by Gasteiger charge is 2.29. The molecule has 16 heteroatoms. The average Bonchev–Trinajstić information content (AvgIpc) is 3.37. The molecule has 4 unspecified atom stereocenters. The molecule has 466 valence electrons. The summed E-state index contributed by atoms with van der Waals surface area (Å²) in [4.78, 5) is 74.3. The van der Waals surface area contributed by atoms with Gasteiger partial charge in [0.25, 0.3) is 0 Å². The molecule has 0 aromatic rings. The van der Waals surface area contributed by atoms with Crippen LogP contribution in [0.4, 0.5) is 0 Å². The maximum Gasteiger partial charge on any atom is 0.362 e. The molecule has 0 spiro atoms. The molecule has 0 fully saturated rings. The number of carbonyl (C=O) groups is 6. The third-order valence-corrected chi connectivity index (χ3v) is 14.6. The summed E-state index contributed by atoms with van der Waals surface area (Å²) in [5.74, 6) is -1.48. The smallest absolute Gasteiger partial charge is 0.362 e. The molecule has 0 aliphatic heterocycles. The fourth-order valence-corrected chi connectivity index (χ4v) is 9.53. The SMILES string of the molecule is CCCCCCCCCCCC(NC(=O)CCCCCCCC=CCC(O)C(CCCCC)OC(=O)C[N+](C)(C)CCOC(C)=O)NC(=O)CCCCCCCC=CCC(O)C(CCCCC)OC(=O)C[N+](C)(C)CCOC(C)=O. The number of quaternary nitrogens is 2. The zero-order valence-corrected chi connectivity index (χ0v) is 52.4. The van der Waals surface area contributed by atoms with Crippen molar-refractivity contribution >= 4 is 35.7 Å². The lowest BCUT2D eigenvalue weighted by atomic mass is 10.0. The number of carbonyl (C=O) groups excluding carboxylic acids is 6. The number of ether oxygens (including phenoxy) is 4. The molecule has 0 rings (SSSR count). The number of hydrogen-bond donors (Lipinski definition) is 4. The summed E-state index contributed by atoms with van der Waals surface area (Å²) in [7, 11) is 7.54. The second-order valence-electron chi connectivity index (χ2n) is 23.8. The average molecular weight is 1140 g/mol. The Labute approximate surface area is 486 Å². The molecule has 4 atom stereocenters. The van der Waals surface area contributed by atoms with Crippen LogP contribution in [-0.4, -0.2) is 153 Å². The molecule has 4 N–H and O–H groups in total. The third-order valence-electron chi connectivity index (χ3n) is 14.6. The van der Waals surface area contributed by atoms with Gasteiger partial charge in [-0.2, -0.15) is 0 Å². The van der Waals surface area contributed by atoms with Gasteiger partial charge >= 0.3 is 23.9 Å². The molecular formula is C64H120N4O12+2. The van der Waals surface area contributed by atoms with E-state index in [1.807, 2.05) is 40.3 Å². The number of allylic oxidation sites excluding steroid dienone is 2. The van der Waals surface area contributed by atoms with Crippen LogP contribution >= 0.6 is 0 Å². The summed E-state index contributed by atoms with van der Waals surface area (Å²) in [5.41, 5.74) is 0. The van der Waals surface area contributed by atoms with Crippen LogP contribution in [0.3, 0.4) is 0 Å². The zero-order chi connectivity index (χ0) is 59.7. The molecule has 2 amide bonds. The number of unbranched alkanes of at least 4 members (excludes halogenated alkanes) is 22. The van der Waals surface area contributed by atoms with E-state index in [1.54, 1.807) is 0 Å². The van der Waals surface area contributed by atoms with Crippen molar-refractivity contribution < 1.29 is 66.9 Å². The molecule has 0 aliphatic carbocycles. The summed E-state index contributed by atoms with van der Waals surface area (Å²) < 4.78 is 22.3. The van der Waals surface area contributed by atoms with Crippen LogP contribution in [-0.2, 0) is 47.7 Å². The summed E-state index contributed by atoms with van der Waals surface area (Å²) >= 11 is 0. The monoisotopic (exact) mass is 1140 g/mol. The Morgan fingerprint density at radius 2 is 0.762 bits per heavy atom. The van der Waals surface area contributed by atoms with E-state index >= 15 is 0 Å². The van der Waals surface area contributed by atoms with Gasteiger partial charge in [-0.15, -0.1) is 0 Å². The zero-order valence-electron chi connectivity index (χ0n) is 52.4. The van der Waals surface area contributed by atoms with Crippen molar-refractivity contribution in [3.05, 3.63) is 24.3 Å². The van der Waals surface area contributed by atoms with Crippen LogP contribution in [0.15, 0.2) is 24.3 Å². The fraction of sp³-hybridized carbons (Fsp3) is 0.844. The van der Waals surface area contributed by atoms with Crippen molar-refractivity contribution in [2.24, 2.45) is 0 Å². The second kappa shape index (κ2) is 49.7. The van der Waals surface area contributed by atoms with E-state index in [1.165, 1.54) is 58.8 Å². The van der Waals surface area contributed by atoms with Crippen LogP contribution in [0.1, 0.15) is 253 Å². The van der Waals surface area contributed by atoms with Gasteiger partial charge in [-0.25, -0.2) is 9.59 Å². The first-order valence-electron chi connectivity index (χ1n) is 31.8. The lowest BCUT2D eigenvalue weighted by Gasteiger charge is -2.30. The Morgan fingerprint density at radius 1 is 0.438 bits per heavy atom. The number of rotatable bonds is 54. The van der Waals surface area contributed by atoms with Crippen LogP contribution in [0.5, 0.6) is 0 Å². The minimum atomic E-state index is -0.787. The number of hydrogen-bond acceptors (Lipinski definition) is 12. The minimum Gasteiger partial charge on any atom is -0.460 e. The Kier molecular flexibility index (Phi) is 47.3. The third kappa shape index (κ3) is 47.7. The van der Waals surface area contributed by atoms with Gasteiger partial charge in [0, 0.05) is 26.7 Å². The van der Waals surface area contributed by atoms with Crippen molar-refractivity contribution in [3.8, 4) is 0 Å². The van der Waals surface area contributed by atoms with Crippen molar-refractivity contribution in [1.82, 2.24) is 10.6 Å². The highest BCUT2D eigenvalue weighted by Crippen LogP contribution is 2.19. The molecular weight excluding hydrogens is 1020 g/mol. The second-order valence-corrected chi connectivity index (χ2v) is 23.8. The lowest BCUT2D eigenvalue weighted by molar-refractivity contribution is -0.883. The largest absolute Gasteiger partial charge is 0.460 e. The summed E-state index contributed by atoms with van der Waals surface area (Å²) in [6, 6.07) is 0. The number of nitrogens with one attached hydrogen (secondary N) is 2. The highest BCUT2D eigenvalue weighted by atomic mass is 16.6. The molecule has 0 aromatic heterocycles. The Balaban J connectivity index is 4.82. The van der Waals surface area contributed by atoms with E-state index in [2.05, 4.69) is 43.6 Å². The maximum atomic E-state index is 13.1. The fourth-order valence-electron chi connectivity index (χ4n) is 9.53. The van der Waals surface area contributed by atoms with E-state index in [0.717, 1.165) is 135 Å². The predicted octanol–water partition coefficient (Wildman–Crippen LogP) is 11.8. The molecule has 16 nitrogen and oxygen atoms in total. The number of aliphatic hydroxyl groups is 2. The minimum absolute atomic E-state index is 0.0170. The highest BCUT2D eigenvalue weighted by molar-refractivity contribution is 5.79. The first-order chi connectivity index (χ1) is 38.2. The standard InChI is InChI=1S/C64H118N4O12/c1-10-13-16-17-18-19-26-31-38-45-60(65-61(73)46-39-32-27-22-20-24-29-36-41-56(71)58(43-34-14-11-2)79-63(75)52-67(6,7)48-50-77-54(4)69)66-62(74)47-40-33-28-23-21-25-30-37-42-57(72)59(44-35-15-12-3)80-64(76)53-68(8,9)49-51-78-55(5)70/h29-30,36-37,56-60,71-72H,10-28,31-35,38-53H2,1-9H3/p+2. The van der Waals surface area contributed by atoms with Gasteiger partial charge in [0.1, 0.15) is 44.7 Å². The van der Waals surface area contributed by atoms with E-state index in [9.17, 15) is 39.0 Å². The van der Waals surface area contributed by atoms with Crippen LogP contribution in [0, 0.1) is 0 Å². The first-order valence-corrected chi connectivity index (χ1v) is 31.8. The Bertz CT molecular complexity index is 1560. The van der Waals surface area contributed by atoms with E-state index < -0.39 is 24.4 Å². The molecule has 80 heavy (non-hydrogen) atoms. The first kappa shape index (κ1) is 76.1. The number of nitrogens with zero attached hydrogens (tertiary/aromatic N) is 2. The van der Waals surface area contributed by atoms with Crippen LogP contribution < -0.4 is 10.6 Å². The lowest BCUT2D eigenvalue weighted by Crippen LogP contribution is -2.47. The number of esters is 4. The molecule has 0 bridgehead atoms. The van der Waals surface area contributed by atoms with Gasteiger partial charge in [-0.3, -0.25) is 19.2 Å². The van der Waals surface area contributed by atoms with Gasteiger partial charge < -0.3 is 48.8 Å². The number of likely N-dealkylation sites (N-methyl/N-ethyl adjacent to an activating group) is 2. The quantitative estimate of drug-likeness (QED) is 0.0112.